The summed E-state index contributed by atoms with van der Waals surface area (Å²) >= 11 is 2.01. The first-order chi connectivity index (χ1) is 8.83. The van der Waals surface area contributed by atoms with Gasteiger partial charge in [0.05, 0.1) is 0 Å². The smallest absolute Gasteiger partial charge is 0.0159 e. The molecule has 18 heavy (non-hydrogen) atoms. The summed E-state index contributed by atoms with van der Waals surface area (Å²) in [6.45, 7) is 5.65. The summed E-state index contributed by atoms with van der Waals surface area (Å²) < 4.78 is 0. The van der Waals surface area contributed by atoms with Crippen LogP contribution in [0.4, 0.5) is 0 Å². The van der Waals surface area contributed by atoms with E-state index in [0.29, 0.717) is 6.04 Å². The topological polar surface area (TPSA) is 12.0 Å². The molecule has 0 aliphatic heterocycles. The van der Waals surface area contributed by atoms with Crippen LogP contribution in [-0.2, 0) is 12.8 Å². The lowest BCUT2D eigenvalue weighted by Gasteiger charge is -2.16. The van der Waals surface area contributed by atoms with Gasteiger partial charge < -0.3 is 5.32 Å². The fraction of sp³-hybridized carbons (Fsp3) is 0.625. The van der Waals surface area contributed by atoms with Crippen molar-refractivity contribution in [1.29, 1.82) is 0 Å². The highest BCUT2D eigenvalue weighted by Crippen LogP contribution is 2.28. The van der Waals surface area contributed by atoms with Gasteiger partial charge in [-0.2, -0.15) is 0 Å². The van der Waals surface area contributed by atoms with Crippen LogP contribution in [0.5, 0.6) is 0 Å². The molecule has 0 saturated heterocycles. The van der Waals surface area contributed by atoms with Crippen LogP contribution in [0.25, 0.3) is 0 Å². The molecule has 0 aromatic heterocycles. The van der Waals surface area contributed by atoms with E-state index in [4.69, 9.17) is 0 Å². The number of hydrogen-bond acceptors (Lipinski definition) is 2. The normalized spacial score (nSPS) is 15.7. The maximum atomic E-state index is 3.62. The summed E-state index contributed by atoms with van der Waals surface area (Å²) in [7, 11) is 0. The quantitative estimate of drug-likeness (QED) is 0.745. The molecule has 0 saturated carbocycles. The van der Waals surface area contributed by atoms with Crippen LogP contribution in [0.2, 0.25) is 0 Å². The number of aryl methyl sites for hydroxylation is 2. The summed E-state index contributed by atoms with van der Waals surface area (Å²) in [5.41, 5.74) is 3.17. The van der Waals surface area contributed by atoms with E-state index in [1.54, 1.807) is 11.1 Å². The number of rotatable bonds is 7. The summed E-state index contributed by atoms with van der Waals surface area (Å²) in [6.07, 6.45) is 6.36. The van der Waals surface area contributed by atoms with Crippen LogP contribution in [0, 0.1) is 0 Å². The Labute approximate surface area is 116 Å². The average Bonchev–Trinajstić information content (AvgIpc) is 2.86. The summed E-state index contributed by atoms with van der Waals surface area (Å²) in [5, 5.41) is 3.62. The summed E-state index contributed by atoms with van der Waals surface area (Å²) in [6, 6.07) is 7.72. The molecule has 100 valence electrons. The minimum Gasteiger partial charge on any atom is -0.313 e. The zero-order valence-electron chi connectivity index (χ0n) is 11.7. The Kier molecular flexibility index (Phi) is 5.58. The molecule has 1 atom stereocenters. The van der Waals surface area contributed by atoms with Crippen LogP contribution in [0.1, 0.15) is 44.2 Å². The SMILES string of the molecule is CCCNC(CC)CSc1ccc2c(c1)CCC2. The third-order valence-corrected chi connectivity index (χ3v) is 4.85. The van der Waals surface area contributed by atoms with Crippen molar-refractivity contribution in [2.45, 2.75) is 56.9 Å². The van der Waals surface area contributed by atoms with Gasteiger partial charge in [-0.3, -0.25) is 0 Å². The van der Waals surface area contributed by atoms with E-state index in [-0.39, 0.29) is 0 Å². The molecular formula is C16H25NS. The predicted octanol–water partition coefficient (Wildman–Crippen LogP) is 4.05. The number of nitrogens with one attached hydrogen (secondary N) is 1. The zero-order chi connectivity index (χ0) is 12.8. The Bertz CT molecular complexity index is 375. The van der Waals surface area contributed by atoms with E-state index in [0.717, 1.165) is 6.54 Å². The summed E-state index contributed by atoms with van der Waals surface area (Å²) in [5.74, 6) is 1.19. The van der Waals surface area contributed by atoms with Gasteiger partial charge in [0.1, 0.15) is 0 Å². The van der Waals surface area contributed by atoms with Crippen molar-refractivity contribution >= 4 is 11.8 Å². The van der Waals surface area contributed by atoms with Crippen molar-refractivity contribution in [3.05, 3.63) is 29.3 Å². The van der Waals surface area contributed by atoms with Crippen LogP contribution in [-0.4, -0.2) is 18.3 Å². The van der Waals surface area contributed by atoms with Gasteiger partial charge in [0, 0.05) is 16.7 Å². The van der Waals surface area contributed by atoms with Gasteiger partial charge in [0.2, 0.25) is 0 Å². The summed E-state index contributed by atoms with van der Waals surface area (Å²) in [4.78, 5) is 1.45. The fourth-order valence-electron chi connectivity index (χ4n) is 2.50. The first-order valence-electron chi connectivity index (χ1n) is 7.31. The van der Waals surface area contributed by atoms with Crippen LogP contribution in [0.15, 0.2) is 23.1 Å². The standard InChI is InChI=1S/C16H25NS/c1-3-10-17-15(4-2)12-18-16-9-8-13-6-5-7-14(13)11-16/h8-9,11,15,17H,3-7,10,12H2,1-2H3. The molecule has 0 radical (unpaired) electrons. The number of hydrogen-bond donors (Lipinski definition) is 1. The zero-order valence-corrected chi connectivity index (χ0v) is 12.5. The van der Waals surface area contributed by atoms with Gasteiger partial charge in [-0.1, -0.05) is 19.9 Å². The predicted molar refractivity (Wildman–Crippen MR) is 81.6 cm³/mol. The van der Waals surface area contributed by atoms with Crippen molar-refractivity contribution in [2.75, 3.05) is 12.3 Å². The highest BCUT2D eigenvalue weighted by atomic mass is 32.2. The lowest BCUT2D eigenvalue weighted by atomic mass is 10.1. The molecule has 0 amide bonds. The molecule has 2 heteroatoms. The molecule has 1 unspecified atom stereocenters. The van der Waals surface area contributed by atoms with E-state index in [1.165, 1.54) is 42.8 Å². The van der Waals surface area contributed by atoms with E-state index in [2.05, 4.69) is 37.4 Å². The van der Waals surface area contributed by atoms with Gasteiger partial charge in [-0.25, -0.2) is 0 Å². The van der Waals surface area contributed by atoms with E-state index < -0.39 is 0 Å². The van der Waals surface area contributed by atoms with Crippen molar-refractivity contribution in [2.24, 2.45) is 0 Å². The largest absolute Gasteiger partial charge is 0.313 e. The molecule has 0 spiro atoms. The second kappa shape index (κ2) is 7.20. The van der Waals surface area contributed by atoms with Gasteiger partial charge in [0.15, 0.2) is 0 Å². The van der Waals surface area contributed by atoms with Gasteiger partial charge in [-0.05, 0) is 61.9 Å². The van der Waals surface area contributed by atoms with Crippen molar-refractivity contribution < 1.29 is 0 Å². The maximum Gasteiger partial charge on any atom is 0.0159 e. The van der Waals surface area contributed by atoms with Gasteiger partial charge in [0.25, 0.3) is 0 Å². The monoisotopic (exact) mass is 263 g/mol. The van der Waals surface area contributed by atoms with E-state index in [1.807, 2.05) is 11.8 Å². The minimum absolute atomic E-state index is 0.656. The third kappa shape index (κ3) is 3.76. The first kappa shape index (κ1) is 14.0. The Hall–Kier alpha value is -0.470. The minimum atomic E-state index is 0.656. The van der Waals surface area contributed by atoms with Crippen LogP contribution in [0.3, 0.4) is 0 Å². The van der Waals surface area contributed by atoms with Crippen molar-refractivity contribution in [1.82, 2.24) is 5.32 Å². The Morgan fingerprint density at radius 1 is 1.22 bits per heavy atom. The fourth-order valence-corrected chi connectivity index (χ4v) is 3.64. The molecule has 0 fully saturated rings. The van der Waals surface area contributed by atoms with Crippen LogP contribution < -0.4 is 5.32 Å². The Morgan fingerprint density at radius 2 is 2.06 bits per heavy atom. The van der Waals surface area contributed by atoms with Crippen molar-refractivity contribution in [3.63, 3.8) is 0 Å². The van der Waals surface area contributed by atoms with E-state index >= 15 is 0 Å². The molecule has 1 aliphatic rings. The molecule has 0 heterocycles. The molecule has 2 rings (SSSR count). The number of fused-ring (bicyclic) bond motifs is 1. The third-order valence-electron chi connectivity index (χ3n) is 3.70. The van der Waals surface area contributed by atoms with Gasteiger partial charge in [-0.15, -0.1) is 11.8 Å². The second-order valence-corrected chi connectivity index (χ2v) is 6.25. The first-order valence-corrected chi connectivity index (χ1v) is 8.30. The highest BCUT2D eigenvalue weighted by Gasteiger charge is 2.11. The maximum absolute atomic E-state index is 3.62. The molecular weight excluding hydrogens is 238 g/mol. The number of benzene rings is 1. The molecule has 1 nitrogen and oxygen atoms in total. The van der Waals surface area contributed by atoms with Gasteiger partial charge >= 0.3 is 0 Å². The van der Waals surface area contributed by atoms with Crippen LogP contribution >= 0.6 is 11.8 Å². The lowest BCUT2D eigenvalue weighted by Crippen LogP contribution is -2.31. The Balaban J connectivity index is 1.85. The Morgan fingerprint density at radius 3 is 2.83 bits per heavy atom. The molecule has 1 aromatic rings. The molecule has 1 aliphatic carbocycles. The molecule has 0 bridgehead atoms. The second-order valence-electron chi connectivity index (χ2n) is 5.15. The average molecular weight is 263 g/mol. The molecule has 1 aromatic carbocycles. The highest BCUT2D eigenvalue weighted by molar-refractivity contribution is 7.99. The van der Waals surface area contributed by atoms with Crippen molar-refractivity contribution in [3.8, 4) is 0 Å². The number of thioether (sulfide) groups is 1. The molecule has 1 N–H and O–H groups in total. The lowest BCUT2D eigenvalue weighted by molar-refractivity contribution is 0.539. The van der Waals surface area contributed by atoms with E-state index in [9.17, 15) is 0 Å².